The predicted octanol–water partition coefficient (Wildman–Crippen LogP) is 2.04. The normalized spacial score (nSPS) is 19.9. The molecule has 3 N–H and O–H groups in total. The van der Waals surface area contributed by atoms with Gasteiger partial charge in [0.2, 0.25) is 0 Å². The first kappa shape index (κ1) is 27.7. The highest BCUT2D eigenvalue weighted by Crippen LogP contribution is 2.25. The van der Waals surface area contributed by atoms with E-state index in [0.717, 1.165) is 44.3 Å². The van der Waals surface area contributed by atoms with Gasteiger partial charge in [0.25, 0.3) is 5.91 Å². The van der Waals surface area contributed by atoms with Crippen molar-refractivity contribution in [1.29, 1.82) is 5.26 Å². The molecule has 2 aliphatic rings. The zero-order valence-electron chi connectivity index (χ0n) is 21.2. The first-order valence-corrected chi connectivity index (χ1v) is 12.7. The Labute approximate surface area is 213 Å². The second-order valence-electron chi connectivity index (χ2n) is 10.1. The number of nitrogens with one attached hydrogen (secondary N) is 1. The van der Waals surface area contributed by atoms with Crippen molar-refractivity contribution in [3.05, 3.63) is 47.5 Å². The number of benzene rings is 1. The Hall–Kier alpha value is -2.87. The maximum atomic E-state index is 13.3. The van der Waals surface area contributed by atoms with Gasteiger partial charge in [-0.3, -0.25) is 9.69 Å². The minimum Gasteiger partial charge on any atom is -0.447 e. The SMILES string of the molecule is CC(C)(C=C(C#N)C(=O)N1CCCCC1COC(=O)N[C@@H](Cc1ccccc1)B(O)O)N1CCCC1. The number of nitrogens with zero attached hydrogens (tertiary/aromatic N) is 3. The quantitative estimate of drug-likeness (QED) is 0.271. The minimum absolute atomic E-state index is 0.0363. The molecule has 0 radical (unpaired) electrons. The van der Waals surface area contributed by atoms with E-state index in [-0.39, 0.29) is 30.5 Å². The highest BCUT2D eigenvalue weighted by atomic mass is 16.5. The first-order valence-electron chi connectivity index (χ1n) is 12.7. The largest absolute Gasteiger partial charge is 0.475 e. The van der Waals surface area contributed by atoms with Crippen molar-refractivity contribution in [2.45, 2.75) is 69.9 Å². The Balaban J connectivity index is 1.61. The summed E-state index contributed by atoms with van der Waals surface area (Å²) in [5, 5.41) is 31.7. The predicted molar refractivity (Wildman–Crippen MR) is 137 cm³/mol. The average molecular weight is 496 g/mol. The maximum Gasteiger partial charge on any atom is 0.475 e. The Morgan fingerprint density at radius 3 is 2.50 bits per heavy atom. The van der Waals surface area contributed by atoms with Gasteiger partial charge in [-0.1, -0.05) is 30.3 Å². The number of ether oxygens (including phenoxy) is 1. The molecule has 2 fully saturated rings. The molecule has 10 heteroatoms. The zero-order chi connectivity index (χ0) is 26.1. The highest BCUT2D eigenvalue weighted by molar-refractivity contribution is 6.43. The van der Waals surface area contributed by atoms with Gasteiger partial charge in [-0.2, -0.15) is 5.26 Å². The van der Waals surface area contributed by atoms with Gasteiger partial charge in [-0.25, -0.2) is 4.79 Å². The van der Waals surface area contributed by atoms with E-state index in [2.05, 4.69) is 16.3 Å². The van der Waals surface area contributed by atoms with Gasteiger partial charge >= 0.3 is 13.2 Å². The van der Waals surface area contributed by atoms with Crippen LogP contribution in [0.4, 0.5) is 4.79 Å². The number of hydrogen-bond donors (Lipinski definition) is 3. The van der Waals surface area contributed by atoms with Gasteiger partial charge in [-0.15, -0.1) is 0 Å². The molecule has 36 heavy (non-hydrogen) atoms. The number of carbonyl (C=O) groups is 2. The van der Waals surface area contributed by atoms with Crippen LogP contribution in [0.15, 0.2) is 42.0 Å². The average Bonchev–Trinajstić information content (AvgIpc) is 3.42. The van der Waals surface area contributed by atoms with E-state index in [1.54, 1.807) is 11.0 Å². The summed E-state index contributed by atoms with van der Waals surface area (Å²) in [5.41, 5.74) is 0.542. The zero-order valence-corrected chi connectivity index (χ0v) is 21.2. The summed E-state index contributed by atoms with van der Waals surface area (Å²) in [6, 6.07) is 10.9. The molecule has 1 aromatic rings. The molecule has 0 spiro atoms. The van der Waals surface area contributed by atoms with E-state index in [9.17, 15) is 24.9 Å². The lowest BCUT2D eigenvalue weighted by atomic mass is 9.76. The first-order chi connectivity index (χ1) is 17.2. The van der Waals surface area contributed by atoms with E-state index < -0.39 is 24.7 Å². The van der Waals surface area contributed by atoms with Crippen LogP contribution in [0.1, 0.15) is 51.5 Å². The van der Waals surface area contributed by atoms with Gasteiger partial charge < -0.3 is 25.0 Å². The summed E-state index contributed by atoms with van der Waals surface area (Å²) in [7, 11) is -1.76. The van der Waals surface area contributed by atoms with Crippen LogP contribution in [0.2, 0.25) is 0 Å². The van der Waals surface area contributed by atoms with E-state index >= 15 is 0 Å². The Kier molecular flexibility index (Phi) is 9.93. The molecular formula is C26H37BN4O5. The summed E-state index contributed by atoms with van der Waals surface area (Å²) in [5.74, 6) is -1.28. The van der Waals surface area contributed by atoms with Crippen LogP contribution < -0.4 is 5.32 Å². The van der Waals surface area contributed by atoms with Crippen LogP contribution in [-0.4, -0.2) is 82.7 Å². The summed E-state index contributed by atoms with van der Waals surface area (Å²) < 4.78 is 5.40. The fraction of sp³-hybridized carbons (Fsp3) is 0.577. The van der Waals surface area contributed by atoms with Crippen LogP contribution in [0, 0.1) is 11.3 Å². The molecule has 2 amide bonds. The molecule has 0 aromatic heterocycles. The number of amides is 2. The number of piperidine rings is 1. The lowest BCUT2D eigenvalue weighted by Gasteiger charge is -2.36. The van der Waals surface area contributed by atoms with Crippen molar-refractivity contribution in [1.82, 2.24) is 15.1 Å². The lowest BCUT2D eigenvalue weighted by molar-refractivity contribution is -0.131. The molecule has 2 atom stereocenters. The van der Waals surface area contributed by atoms with E-state index in [4.69, 9.17) is 4.74 Å². The fourth-order valence-electron chi connectivity index (χ4n) is 4.94. The number of alkyl carbamates (subject to hydrolysis) is 1. The molecule has 2 saturated heterocycles. The molecule has 0 saturated carbocycles. The molecule has 194 valence electrons. The van der Waals surface area contributed by atoms with Crippen molar-refractivity contribution >= 4 is 19.1 Å². The van der Waals surface area contributed by atoms with Crippen molar-refractivity contribution in [2.75, 3.05) is 26.2 Å². The van der Waals surface area contributed by atoms with Crippen LogP contribution in [0.25, 0.3) is 0 Å². The molecule has 0 aliphatic carbocycles. The standard InChI is InChI=1S/C26H37BN4O5/c1-26(2,30-13-8-9-14-30)17-21(18-28)24(32)31-15-7-6-12-22(31)19-36-25(33)29-23(27(34)35)16-20-10-4-3-5-11-20/h3-5,10-11,17,22-23,34-35H,6-9,12-16,19H2,1-2H3,(H,29,33)/t22?,23-/m0/s1. The third-order valence-corrected chi connectivity index (χ3v) is 7.03. The Morgan fingerprint density at radius 1 is 1.19 bits per heavy atom. The topological polar surface area (TPSA) is 126 Å². The van der Waals surface area contributed by atoms with E-state index in [0.29, 0.717) is 13.0 Å². The van der Waals surface area contributed by atoms with Crippen molar-refractivity contribution in [3.63, 3.8) is 0 Å². The van der Waals surface area contributed by atoms with Crippen LogP contribution in [-0.2, 0) is 16.0 Å². The number of nitriles is 1. The third kappa shape index (κ3) is 7.57. The molecular weight excluding hydrogens is 459 g/mol. The van der Waals surface area contributed by atoms with Gasteiger partial charge in [0, 0.05) is 12.1 Å². The summed E-state index contributed by atoms with van der Waals surface area (Å²) in [6.07, 6.45) is 5.79. The number of likely N-dealkylation sites (tertiary alicyclic amines) is 2. The lowest BCUT2D eigenvalue weighted by Crippen LogP contribution is -2.50. The molecule has 3 rings (SSSR count). The fourth-order valence-corrected chi connectivity index (χ4v) is 4.94. The minimum atomic E-state index is -1.76. The maximum absolute atomic E-state index is 13.3. The Morgan fingerprint density at radius 2 is 1.86 bits per heavy atom. The summed E-state index contributed by atoms with van der Waals surface area (Å²) in [6.45, 7) is 6.38. The van der Waals surface area contributed by atoms with Crippen molar-refractivity contribution in [2.24, 2.45) is 0 Å². The summed E-state index contributed by atoms with van der Waals surface area (Å²) in [4.78, 5) is 29.7. The number of carbonyl (C=O) groups excluding carboxylic acids is 2. The third-order valence-electron chi connectivity index (χ3n) is 7.03. The van der Waals surface area contributed by atoms with Gasteiger partial charge in [0.1, 0.15) is 18.2 Å². The van der Waals surface area contributed by atoms with Gasteiger partial charge in [-0.05, 0) is 77.1 Å². The highest BCUT2D eigenvalue weighted by Gasteiger charge is 2.34. The van der Waals surface area contributed by atoms with Gasteiger partial charge in [0.05, 0.1) is 12.0 Å². The number of hydrogen-bond acceptors (Lipinski definition) is 7. The smallest absolute Gasteiger partial charge is 0.447 e. The van der Waals surface area contributed by atoms with E-state index in [1.807, 2.05) is 44.2 Å². The van der Waals surface area contributed by atoms with Gasteiger partial charge in [0.15, 0.2) is 0 Å². The summed E-state index contributed by atoms with van der Waals surface area (Å²) >= 11 is 0. The van der Waals surface area contributed by atoms with Crippen LogP contribution >= 0.6 is 0 Å². The second kappa shape index (κ2) is 12.9. The molecule has 2 heterocycles. The molecule has 0 bridgehead atoms. The molecule has 2 aliphatic heterocycles. The van der Waals surface area contributed by atoms with Crippen LogP contribution in [0.3, 0.4) is 0 Å². The molecule has 1 aromatic carbocycles. The monoisotopic (exact) mass is 496 g/mol. The van der Waals surface area contributed by atoms with Crippen LogP contribution in [0.5, 0.6) is 0 Å². The molecule has 9 nitrogen and oxygen atoms in total. The Bertz CT molecular complexity index is 957. The van der Waals surface area contributed by atoms with Crippen molar-refractivity contribution < 1.29 is 24.4 Å². The molecule has 1 unspecified atom stereocenters. The number of rotatable bonds is 9. The van der Waals surface area contributed by atoms with E-state index in [1.165, 1.54) is 0 Å². The second-order valence-corrected chi connectivity index (χ2v) is 10.1. The van der Waals surface area contributed by atoms with Crippen molar-refractivity contribution in [3.8, 4) is 6.07 Å².